The van der Waals surface area contributed by atoms with Gasteiger partial charge in [-0.15, -0.1) is 0 Å². The third-order valence-corrected chi connectivity index (χ3v) is 2.70. The van der Waals surface area contributed by atoms with Gasteiger partial charge < -0.3 is 0 Å². The fourth-order valence-electron chi connectivity index (χ4n) is 1.24. The molecule has 0 bridgehead atoms. The van der Waals surface area contributed by atoms with Crippen LogP contribution in [0.1, 0.15) is 20.8 Å². The maximum atomic E-state index is 11.5. The SMILES string of the molecule is Cn1cc2c(n1)C(=O)C(Cl)=C(Cl)C2=O. The highest BCUT2D eigenvalue weighted by Crippen LogP contribution is 2.29. The first-order valence-electron chi connectivity index (χ1n) is 3.70. The Kier molecular flexibility index (Phi) is 1.97. The van der Waals surface area contributed by atoms with Crippen LogP contribution in [-0.4, -0.2) is 21.3 Å². The van der Waals surface area contributed by atoms with Crippen LogP contribution in [0.15, 0.2) is 16.3 Å². The zero-order valence-electron chi connectivity index (χ0n) is 7.04. The molecule has 72 valence electrons. The minimum Gasteiger partial charge on any atom is -0.287 e. The maximum absolute atomic E-state index is 11.5. The lowest BCUT2D eigenvalue weighted by atomic mass is 10.0. The lowest BCUT2D eigenvalue weighted by Gasteiger charge is -2.07. The van der Waals surface area contributed by atoms with Crippen LogP contribution in [0.3, 0.4) is 0 Å². The minimum absolute atomic E-state index is 0.0619. The standard InChI is InChI=1S/C8H4Cl2N2O2/c1-12-2-3-6(11-12)8(14)5(10)4(9)7(3)13/h2H,1H3. The summed E-state index contributed by atoms with van der Waals surface area (Å²) in [6, 6.07) is 0. The van der Waals surface area contributed by atoms with E-state index in [1.165, 1.54) is 10.9 Å². The van der Waals surface area contributed by atoms with E-state index in [4.69, 9.17) is 23.2 Å². The normalized spacial score (nSPS) is 16.2. The van der Waals surface area contributed by atoms with E-state index in [0.717, 1.165) is 0 Å². The molecule has 1 aromatic rings. The molecule has 6 heteroatoms. The summed E-state index contributed by atoms with van der Waals surface area (Å²) in [4.78, 5) is 23.0. The van der Waals surface area contributed by atoms with Gasteiger partial charge in [-0.25, -0.2) is 0 Å². The van der Waals surface area contributed by atoms with Crippen molar-refractivity contribution in [1.29, 1.82) is 0 Å². The number of halogens is 2. The third kappa shape index (κ3) is 1.11. The molecule has 0 radical (unpaired) electrons. The number of carbonyl (C=O) groups is 2. The van der Waals surface area contributed by atoms with Gasteiger partial charge in [0.25, 0.3) is 0 Å². The number of ketones is 2. The second-order valence-electron chi connectivity index (χ2n) is 2.85. The summed E-state index contributed by atoms with van der Waals surface area (Å²) in [5, 5.41) is 3.34. The molecule has 0 aliphatic heterocycles. The van der Waals surface area contributed by atoms with Crippen molar-refractivity contribution < 1.29 is 9.59 Å². The van der Waals surface area contributed by atoms with Crippen molar-refractivity contribution in [1.82, 2.24) is 9.78 Å². The smallest absolute Gasteiger partial charge is 0.226 e. The van der Waals surface area contributed by atoms with E-state index in [0.29, 0.717) is 0 Å². The molecule has 2 rings (SSSR count). The van der Waals surface area contributed by atoms with Crippen molar-refractivity contribution in [3.63, 3.8) is 0 Å². The topological polar surface area (TPSA) is 52.0 Å². The van der Waals surface area contributed by atoms with Crippen molar-refractivity contribution in [3.05, 3.63) is 27.5 Å². The molecule has 4 nitrogen and oxygen atoms in total. The number of Topliss-reactive ketones (excluding diaryl/α,β-unsaturated/α-hetero) is 2. The fraction of sp³-hybridized carbons (Fsp3) is 0.125. The fourth-order valence-corrected chi connectivity index (χ4v) is 1.61. The Hall–Kier alpha value is -1.13. The second kappa shape index (κ2) is 2.93. The molecule has 0 N–H and O–H groups in total. The molecule has 0 saturated carbocycles. The molecule has 0 amide bonds. The summed E-state index contributed by atoms with van der Waals surface area (Å²) >= 11 is 11.2. The van der Waals surface area contributed by atoms with Crippen molar-refractivity contribution in [3.8, 4) is 0 Å². The number of carbonyl (C=O) groups excluding carboxylic acids is 2. The van der Waals surface area contributed by atoms with Gasteiger partial charge in [-0.2, -0.15) is 5.10 Å². The van der Waals surface area contributed by atoms with E-state index in [-0.39, 0.29) is 21.3 Å². The Balaban J connectivity index is 2.71. The number of aryl methyl sites for hydroxylation is 1. The summed E-state index contributed by atoms with van der Waals surface area (Å²) in [6.45, 7) is 0. The monoisotopic (exact) mass is 230 g/mol. The van der Waals surface area contributed by atoms with Crippen LogP contribution >= 0.6 is 23.2 Å². The van der Waals surface area contributed by atoms with Crippen molar-refractivity contribution in [2.45, 2.75) is 0 Å². The van der Waals surface area contributed by atoms with Gasteiger partial charge in [-0.1, -0.05) is 23.2 Å². The summed E-state index contributed by atoms with van der Waals surface area (Å²) in [7, 11) is 1.61. The molecule has 1 aliphatic rings. The highest BCUT2D eigenvalue weighted by atomic mass is 35.5. The van der Waals surface area contributed by atoms with Crippen LogP contribution < -0.4 is 0 Å². The van der Waals surface area contributed by atoms with E-state index in [1.807, 2.05) is 0 Å². The minimum atomic E-state index is -0.508. The van der Waals surface area contributed by atoms with Gasteiger partial charge in [0.05, 0.1) is 5.56 Å². The first-order chi connectivity index (χ1) is 6.52. The number of rotatable bonds is 0. The molecule has 0 atom stereocenters. The molecule has 1 aliphatic carbocycles. The number of fused-ring (bicyclic) bond motifs is 1. The highest BCUT2D eigenvalue weighted by Gasteiger charge is 2.33. The van der Waals surface area contributed by atoms with E-state index in [2.05, 4.69) is 5.10 Å². The summed E-state index contributed by atoms with van der Waals surface area (Å²) in [6.07, 6.45) is 1.45. The van der Waals surface area contributed by atoms with Crippen LogP contribution in [0, 0.1) is 0 Å². The largest absolute Gasteiger partial charge is 0.287 e. The van der Waals surface area contributed by atoms with E-state index in [1.54, 1.807) is 7.05 Å². The highest BCUT2D eigenvalue weighted by molar-refractivity contribution is 6.59. The number of allylic oxidation sites excluding steroid dienone is 2. The number of hydrogen-bond donors (Lipinski definition) is 0. The molecule has 1 heterocycles. The van der Waals surface area contributed by atoms with E-state index < -0.39 is 11.6 Å². The Morgan fingerprint density at radius 1 is 1.21 bits per heavy atom. The van der Waals surface area contributed by atoms with Gasteiger partial charge in [-0.3, -0.25) is 14.3 Å². The van der Waals surface area contributed by atoms with Crippen LogP contribution in [0.2, 0.25) is 0 Å². The molecule has 1 aromatic heterocycles. The Labute approximate surface area is 89.1 Å². The van der Waals surface area contributed by atoms with Crippen LogP contribution in [0.4, 0.5) is 0 Å². The van der Waals surface area contributed by atoms with Gasteiger partial charge in [0.1, 0.15) is 15.8 Å². The molecular weight excluding hydrogens is 227 g/mol. The first kappa shape index (κ1) is 9.43. The second-order valence-corrected chi connectivity index (χ2v) is 3.61. The quantitative estimate of drug-likeness (QED) is 0.679. The van der Waals surface area contributed by atoms with E-state index in [9.17, 15) is 9.59 Å². The molecule has 0 aromatic carbocycles. The van der Waals surface area contributed by atoms with E-state index >= 15 is 0 Å². The first-order valence-corrected chi connectivity index (χ1v) is 4.46. The average Bonchev–Trinajstić information content (AvgIpc) is 2.54. The Bertz CT molecular complexity index is 446. The van der Waals surface area contributed by atoms with Gasteiger partial charge in [0, 0.05) is 13.2 Å². The summed E-state index contributed by atoms with van der Waals surface area (Å²) in [5.74, 6) is -0.966. The summed E-state index contributed by atoms with van der Waals surface area (Å²) < 4.78 is 1.38. The van der Waals surface area contributed by atoms with Gasteiger partial charge in [0.15, 0.2) is 0 Å². The summed E-state index contributed by atoms with van der Waals surface area (Å²) in [5.41, 5.74) is 0.263. The molecule has 0 saturated heterocycles. The molecule has 0 spiro atoms. The van der Waals surface area contributed by atoms with Gasteiger partial charge in [-0.05, 0) is 0 Å². The Morgan fingerprint density at radius 2 is 1.79 bits per heavy atom. The van der Waals surface area contributed by atoms with Crippen molar-refractivity contribution in [2.75, 3.05) is 0 Å². The van der Waals surface area contributed by atoms with Crippen LogP contribution in [0.25, 0.3) is 0 Å². The zero-order valence-corrected chi connectivity index (χ0v) is 8.56. The average molecular weight is 231 g/mol. The van der Waals surface area contributed by atoms with Crippen molar-refractivity contribution in [2.24, 2.45) is 7.05 Å². The lowest BCUT2D eigenvalue weighted by Crippen LogP contribution is -2.16. The molecule has 14 heavy (non-hydrogen) atoms. The Morgan fingerprint density at radius 3 is 2.43 bits per heavy atom. The lowest BCUT2D eigenvalue weighted by molar-refractivity contribution is 0.0984. The third-order valence-electron chi connectivity index (χ3n) is 1.88. The number of aromatic nitrogens is 2. The number of nitrogens with zero attached hydrogens (tertiary/aromatic N) is 2. The molecule has 0 unspecified atom stereocenters. The van der Waals surface area contributed by atoms with Crippen LogP contribution in [-0.2, 0) is 7.05 Å². The predicted molar refractivity (Wildman–Crippen MR) is 50.6 cm³/mol. The zero-order chi connectivity index (χ0) is 10.5. The maximum Gasteiger partial charge on any atom is 0.226 e. The number of hydrogen-bond acceptors (Lipinski definition) is 3. The van der Waals surface area contributed by atoms with Crippen LogP contribution in [0.5, 0.6) is 0 Å². The molecular formula is C8H4Cl2N2O2. The van der Waals surface area contributed by atoms with Gasteiger partial charge >= 0.3 is 0 Å². The van der Waals surface area contributed by atoms with Crippen molar-refractivity contribution >= 4 is 34.8 Å². The van der Waals surface area contributed by atoms with Gasteiger partial charge in [0.2, 0.25) is 11.6 Å². The molecule has 0 fully saturated rings. The predicted octanol–water partition coefficient (Wildman–Crippen LogP) is 1.49.